The van der Waals surface area contributed by atoms with E-state index in [-0.39, 0.29) is 29.5 Å². The maximum absolute atomic E-state index is 13.3. The Morgan fingerprint density at radius 2 is 2.00 bits per heavy atom. The van der Waals surface area contributed by atoms with Gasteiger partial charge in [0.05, 0.1) is 12.3 Å². The van der Waals surface area contributed by atoms with Gasteiger partial charge in [-0.25, -0.2) is 12.8 Å². The lowest BCUT2D eigenvalue weighted by atomic mass is 10.2. The van der Waals surface area contributed by atoms with Gasteiger partial charge in [0.15, 0.2) is 0 Å². The Labute approximate surface area is 142 Å². The molecule has 0 aliphatic rings. The van der Waals surface area contributed by atoms with Gasteiger partial charge >= 0.3 is 0 Å². The van der Waals surface area contributed by atoms with Gasteiger partial charge in [-0.15, -0.1) is 0 Å². The molecule has 0 fully saturated rings. The smallest absolute Gasteiger partial charge is 0.263 e. The molecule has 0 atom stereocenters. The predicted octanol–water partition coefficient (Wildman–Crippen LogP) is 3.07. The van der Waals surface area contributed by atoms with E-state index in [9.17, 15) is 12.8 Å². The summed E-state index contributed by atoms with van der Waals surface area (Å²) in [4.78, 5) is 0.0560. The number of aryl methyl sites for hydroxylation is 1. The molecule has 0 bridgehead atoms. The van der Waals surface area contributed by atoms with E-state index < -0.39 is 15.8 Å². The van der Waals surface area contributed by atoms with Gasteiger partial charge in [-0.2, -0.15) is 0 Å². The summed E-state index contributed by atoms with van der Waals surface area (Å²) in [6, 6.07) is 8.27. The third-order valence-electron chi connectivity index (χ3n) is 2.91. The average molecular weight is 404 g/mol. The number of sulfonamides is 1. The highest BCUT2D eigenvalue weighted by molar-refractivity contribution is 9.10. The average Bonchev–Trinajstić information content (AvgIpc) is 2.47. The molecular formula is C15H15BrFNO4S. The number of halogens is 2. The largest absolute Gasteiger partial charge is 0.489 e. The predicted molar refractivity (Wildman–Crippen MR) is 88.7 cm³/mol. The second-order valence-corrected chi connectivity index (χ2v) is 7.26. The van der Waals surface area contributed by atoms with Crippen LogP contribution >= 0.6 is 15.9 Å². The highest BCUT2D eigenvalue weighted by Gasteiger charge is 2.20. The molecule has 2 aromatic rings. The Kier molecular flexibility index (Phi) is 5.61. The summed E-state index contributed by atoms with van der Waals surface area (Å²) in [6.07, 6.45) is 0. The van der Waals surface area contributed by atoms with Crippen molar-refractivity contribution in [3.8, 4) is 5.75 Å². The van der Waals surface area contributed by atoms with Crippen LogP contribution in [0.3, 0.4) is 0 Å². The molecule has 0 aliphatic carbocycles. The van der Waals surface area contributed by atoms with E-state index in [0.717, 1.165) is 17.7 Å². The van der Waals surface area contributed by atoms with Crippen LogP contribution < -0.4 is 9.46 Å². The first kappa shape index (κ1) is 17.7. The maximum atomic E-state index is 13.3. The number of hydrogen-bond acceptors (Lipinski definition) is 4. The van der Waals surface area contributed by atoms with Crippen LogP contribution in [0, 0.1) is 12.7 Å². The van der Waals surface area contributed by atoms with Gasteiger partial charge in [0.25, 0.3) is 10.0 Å². The van der Waals surface area contributed by atoms with Crippen LogP contribution in [0.5, 0.6) is 5.75 Å². The van der Waals surface area contributed by atoms with Crippen molar-refractivity contribution in [2.45, 2.75) is 11.8 Å². The third-order valence-corrected chi connectivity index (χ3v) is 5.26. The van der Waals surface area contributed by atoms with Crippen molar-refractivity contribution in [2.24, 2.45) is 0 Å². The third kappa shape index (κ3) is 4.43. The lowest BCUT2D eigenvalue weighted by Gasteiger charge is -2.14. The zero-order chi connectivity index (χ0) is 17.0. The normalized spacial score (nSPS) is 11.3. The molecule has 2 N–H and O–H groups in total. The second-order valence-electron chi connectivity index (χ2n) is 4.75. The number of aliphatic hydroxyl groups excluding tert-OH is 1. The molecule has 0 unspecified atom stereocenters. The molecule has 5 nitrogen and oxygen atoms in total. The van der Waals surface area contributed by atoms with Crippen molar-refractivity contribution in [3.63, 3.8) is 0 Å². The van der Waals surface area contributed by atoms with E-state index in [2.05, 4.69) is 20.7 Å². The van der Waals surface area contributed by atoms with Crippen LogP contribution in [0.2, 0.25) is 0 Å². The lowest BCUT2D eigenvalue weighted by molar-refractivity contribution is 0.201. The van der Waals surface area contributed by atoms with Crippen molar-refractivity contribution >= 4 is 31.6 Å². The number of anilines is 1. The molecule has 124 valence electrons. The van der Waals surface area contributed by atoms with Crippen molar-refractivity contribution in [3.05, 3.63) is 52.3 Å². The molecule has 0 aliphatic heterocycles. The number of ether oxygens (including phenoxy) is 1. The van der Waals surface area contributed by atoms with Crippen LogP contribution in [0.25, 0.3) is 0 Å². The summed E-state index contributed by atoms with van der Waals surface area (Å²) in [5.41, 5.74) is 0.997. The van der Waals surface area contributed by atoms with Gasteiger partial charge in [0.1, 0.15) is 23.1 Å². The molecule has 23 heavy (non-hydrogen) atoms. The summed E-state index contributed by atoms with van der Waals surface area (Å²) in [6.45, 7) is 1.49. The zero-order valence-corrected chi connectivity index (χ0v) is 14.6. The Hall–Kier alpha value is -1.64. The van der Waals surface area contributed by atoms with Gasteiger partial charge in [0.2, 0.25) is 0 Å². The van der Waals surface area contributed by atoms with Crippen LogP contribution in [-0.2, 0) is 10.0 Å². The zero-order valence-electron chi connectivity index (χ0n) is 12.2. The Balaban J connectivity index is 2.37. The van der Waals surface area contributed by atoms with Gasteiger partial charge in [-0.05, 0) is 52.7 Å². The lowest BCUT2D eigenvalue weighted by Crippen LogP contribution is -2.15. The monoisotopic (exact) mass is 403 g/mol. The number of rotatable bonds is 6. The quantitative estimate of drug-likeness (QED) is 0.776. The molecule has 0 radical (unpaired) electrons. The molecule has 0 amide bonds. The van der Waals surface area contributed by atoms with Gasteiger partial charge in [-0.3, -0.25) is 4.72 Å². The van der Waals surface area contributed by atoms with Crippen molar-refractivity contribution in [1.29, 1.82) is 0 Å². The fraction of sp³-hybridized carbons (Fsp3) is 0.200. The summed E-state index contributed by atoms with van der Waals surface area (Å²) >= 11 is 3.22. The molecule has 0 aromatic heterocycles. The molecule has 0 saturated carbocycles. The first-order valence-corrected chi connectivity index (χ1v) is 8.93. The standard InChI is InChI=1S/C15H15BrFNO4S/c1-10-2-5-15(12(16)8-10)23(20,21)18-13-4-3-11(17)9-14(13)22-7-6-19/h2-5,8-9,18-19H,6-7H2,1H3. The highest BCUT2D eigenvalue weighted by atomic mass is 79.9. The Morgan fingerprint density at radius 1 is 1.26 bits per heavy atom. The van der Waals surface area contributed by atoms with Crippen LogP contribution in [0.4, 0.5) is 10.1 Å². The fourth-order valence-corrected chi connectivity index (χ4v) is 4.14. The van der Waals surface area contributed by atoms with Crippen molar-refractivity contribution in [2.75, 3.05) is 17.9 Å². The molecule has 0 spiro atoms. The molecule has 2 rings (SSSR count). The van der Waals surface area contributed by atoms with Gasteiger partial charge in [-0.1, -0.05) is 6.07 Å². The van der Waals surface area contributed by atoms with E-state index >= 15 is 0 Å². The number of nitrogens with one attached hydrogen (secondary N) is 1. The van der Waals surface area contributed by atoms with E-state index in [1.165, 1.54) is 12.1 Å². The molecule has 8 heteroatoms. The van der Waals surface area contributed by atoms with E-state index in [1.54, 1.807) is 12.1 Å². The minimum absolute atomic E-state index is 0.00543. The summed E-state index contributed by atoms with van der Waals surface area (Å²) in [7, 11) is -3.88. The fourth-order valence-electron chi connectivity index (χ4n) is 1.88. The van der Waals surface area contributed by atoms with E-state index in [4.69, 9.17) is 9.84 Å². The van der Waals surface area contributed by atoms with Crippen molar-refractivity contribution < 1.29 is 22.7 Å². The summed E-state index contributed by atoms with van der Waals surface area (Å²) in [5, 5.41) is 8.80. The van der Waals surface area contributed by atoms with E-state index in [1.807, 2.05) is 6.92 Å². The molecule has 2 aromatic carbocycles. The van der Waals surface area contributed by atoms with Gasteiger partial charge < -0.3 is 9.84 Å². The first-order valence-electron chi connectivity index (χ1n) is 6.65. The molecule has 0 heterocycles. The number of benzene rings is 2. The first-order chi connectivity index (χ1) is 10.8. The minimum atomic E-state index is -3.88. The van der Waals surface area contributed by atoms with E-state index in [0.29, 0.717) is 4.47 Å². The topological polar surface area (TPSA) is 75.6 Å². The summed E-state index contributed by atoms with van der Waals surface area (Å²) < 4.78 is 46.3. The molecule has 0 saturated heterocycles. The number of hydrogen-bond donors (Lipinski definition) is 2. The maximum Gasteiger partial charge on any atom is 0.263 e. The van der Waals surface area contributed by atoms with Crippen LogP contribution in [0.15, 0.2) is 45.8 Å². The van der Waals surface area contributed by atoms with Gasteiger partial charge in [0, 0.05) is 10.5 Å². The molecular weight excluding hydrogens is 389 g/mol. The van der Waals surface area contributed by atoms with Crippen LogP contribution in [0.1, 0.15) is 5.56 Å². The van der Waals surface area contributed by atoms with Crippen molar-refractivity contribution in [1.82, 2.24) is 0 Å². The van der Waals surface area contributed by atoms with Crippen LogP contribution in [-0.4, -0.2) is 26.7 Å². The summed E-state index contributed by atoms with van der Waals surface area (Å²) in [5.74, 6) is -0.566. The number of aliphatic hydroxyl groups is 1. The second kappa shape index (κ2) is 7.29. The Bertz CT molecular complexity index is 811. The SMILES string of the molecule is Cc1ccc(S(=O)(=O)Nc2ccc(F)cc2OCCO)c(Br)c1. The highest BCUT2D eigenvalue weighted by Crippen LogP contribution is 2.30. The Morgan fingerprint density at radius 3 is 2.65 bits per heavy atom. The minimum Gasteiger partial charge on any atom is -0.489 e.